The second-order valence-corrected chi connectivity index (χ2v) is 5.36. The lowest BCUT2D eigenvalue weighted by Gasteiger charge is -2.10. The number of sulfonamides is 1. The maximum atomic E-state index is 11.1. The van der Waals surface area contributed by atoms with Gasteiger partial charge in [0.1, 0.15) is 11.0 Å². The zero-order valence-electron chi connectivity index (χ0n) is 7.73. The number of alkyl halides is 1. The monoisotopic (exact) mass is 237 g/mol. The highest BCUT2D eigenvalue weighted by Crippen LogP contribution is 2.04. The molecule has 0 aliphatic carbocycles. The molecule has 80 valence electrons. The van der Waals surface area contributed by atoms with Gasteiger partial charge < -0.3 is 4.42 Å². The summed E-state index contributed by atoms with van der Waals surface area (Å²) in [4.78, 5) is 0. The number of rotatable bonds is 5. The Balaban J connectivity index is 2.48. The zero-order chi connectivity index (χ0) is 10.6. The van der Waals surface area contributed by atoms with Crippen LogP contribution in [-0.4, -0.2) is 19.7 Å². The molecule has 1 aromatic rings. The van der Waals surface area contributed by atoms with E-state index in [9.17, 15) is 8.42 Å². The van der Waals surface area contributed by atoms with Crippen molar-refractivity contribution in [1.29, 1.82) is 0 Å². The van der Waals surface area contributed by atoms with E-state index in [4.69, 9.17) is 16.0 Å². The van der Waals surface area contributed by atoms with E-state index in [1.165, 1.54) is 0 Å². The van der Waals surface area contributed by atoms with Crippen LogP contribution in [0.25, 0.3) is 0 Å². The first kappa shape index (κ1) is 11.6. The third kappa shape index (κ3) is 3.69. The summed E-state index contributed by atoms with van der Waals surface area (Å²) >= 11 is 5.25. The van der Waals surface area contributed by atoms with Crippen molar-refractivity contribution in [3.63, 3.8) is 0 Å². The molecule has 0 spiro atoms. The average molecular weight is 238 g/mol. The molecule has 1 unspecified atom stereocenters. The van der Waals surface area contributed by atoms with Gasteiger partial charge in [-0.3, -0.25) is 0 Å². The van der Waals surface area contributed by atoms with Gasteiger partial charge in [0, 0.05) is 12.5 Å². The minimum atomic E-state index is -3.35. The maximum absolute atomic E-state index is 11.1. The van der Waals surface area contributed by atoms with Crippen LogP contribution in [0, 0.1) is 0 Å². The highest BCUT2D eigenvalue weighted by molar-refractivity contribution is 7.90. The van der Waals surface area contributed by atoms with Crippen LogP contribution in [0.2, 0.25) is 0 Å². The molecule has 1 N–H and O–H groups in total. The van der Waals surface area contributed by atoms with Crippen molar-refractivity contribution in [3.8, 4) is 0 Å². The predicted molar refractivity (Wildman–Crippen MR) is 54.6 cm³/mol. The lowest BCUT2D eigenvalue weighted by atomic mass is 10.2. The number of nitrogens with one attached hydrogen (secondary N) is 1. The molecule has 1 atom stereocenters. The van der Waals surface area contributed by atoms with Gasteiger partial charge in [-0.25, -0.2) is 13.1 Å². The Bertz CT molecular complexity index is 360. The van der Waals surface area contributed by atoms with Gasteiger partial charge in [0.2, 0.25) is 10.0 Å². The summed E-state index contributed by atoms with van der Waals surface area (Å²) in [6, 6.07) is 3.34. The van der Waals surface area contributed by atoms with Gasteiger partial charge in [0.05, 0.1) is 6.26 Å². The maximum Gasteiger partial charge on any atom is 0.225 e. The fourth-order valence-corrected chi connectivity index (χ4v) is 2.06. The fourth-order valence-electron chi connectivity index (χ4n) is 1.11. The molecule has 1 heterocycles. The Morgan fingerprint density at radius 2 is 2.36 bits per heavy atom. The van der Waals surface area contributed by atoms with Gasteiger partial charge >= 0.3 is 0 Å². The predicted octanol–water partition coefficient (Wildman–Crippen LogP) is 1.33. The van der Waals surface area contributed by atoms with E-state index in [0.29, 0.717) is 6.42 Å². The highest BCUT2D eigenvalue weighted by atomic mass is 35.5. The molecule has 0 aliphatic heterocycles. The third-order valence-electron chi connectivity index (χ3n) is 1.61. The first-order chi connectivity index (χ1) is 6.53. The van der Waals surface area contributed by atoms with Crippen molar-refractivity contribution in [2.45, 2.75) is 19.4 Å². The molecule has 0 saturated carbocycles. The molecule has 0 saturated heterocycles. The largest absolute Gasteiger partial charge is 0.469 e. The first-order valence-corrected chi connectivity index (χ1v) is 6.30. The molecule has 0 aromatic carbocycles. The van der Waals surface area contributed by atoms with Crippen molar-refractivity contribution >= 4 is 21.6 Å². The van der Waals surface area contributed by atoms with Crippen LogP contribution in [0.15, 0.2) is 22.8 Å². The van der Waals surface area contributed by atoms with E-state index in [0.717, 1.165) is 5.76 Å². The minimum Gasteiger partial charge on any atom is -0.469 e. The molecular weight excluding hydrogens is 226 g/mol. The Kier molecular flexibility index (Phi) is 3.97. The second-order valence-electron chi connectivity index (χ2n) is 3.03. The molecule has 0 amide bonds. The Hall–Kier alpha value is -0.520. The zero-order valence-corrected chi connectivity index (χ0v) is 9.31. The van der Waals surface area contributed by atoms with Crippen molar-refractivity contribution < 1.29 is 12.8 Å². The van der Waals surface area contributed by atoms with Gasteiger partial charge in [-0.2, -0.15) is 0 Å². The number of hydrogen-bond donors (Lipinski definition) is 1. The standard InChI is InChI=1S/C8H12ClNO3S/c1-7(10-14(11,12)6-9)5-8-3-2-4-13-8/h2-4,7,10H,5-6H2,1H3. The topological polar surface area (TPSA) is 59.3 Å². The SMILES string of the molecule is CC(Cc1ccco1)NS(=O)(=O)CCl. The van der Waals surface area contributed by atoms with Gasteiger partial charge in [0.25, 0.3) is 0 Å². The number of hydrogen-bond acceptors (Lipinski definition) is 3. The van der Waals surface area contributed by atoms with Gasteiger partial charge in [-0.05, 0) is 19.1 Å². The average Bonchev–Trinajstić information content (AvgIpc) is 2.55. The van der Waals surface area contributed by atoms with E-state index in [1.54, 1.807) is 25.3 Å². The van der Waals surface area contributed by atoms with Crippen LogP contribution < -0.4 is 4.72 Å². The normalized spacial score (nSPS) is 14.1. The lowest BCUT2D eigenvalue weighted by Crippen LogP contribution is -2.34. The van der Waals surface area contributed by atoms with Crippen molar-refractivity contribution in [1.82, 2.24) is 4.72 Å². The lowest BCUT2D eigenvalue weighted by molar-refractivity contribution is 0.479. The van der Waals surface area contributed by atoms with E-state index in [1.807, 2.05) is 0 Å². The van der Waals surface area contributed by atoms with Crippen LogP contribution >= 0.6 is 11.6 Å². The summed E-state index contributed by atoms with van der Waals surface area (Å²) in [6.07, 6.45) is 2.07. The number of halogens is 1. The molecule has 1 aromatic heterocycles. The summed E-state index contributed by atoms with van der Waals surface area (Å²) in [5, 5.41) is -0.421. The first-order valence-electron chi connectivity index (χ1n) is 4.12. The smallest absolute Gasteiger partial charge is 0.225 e. The van der Waals surface area contributed by atoms with Gasteiger partial charge in [-0.15, -0.1) is 11.6 Å². The summed E-state index contributed by atoms with van der Waals surface area (Å²) in [5.41, 5.74) is 0. The molecule has 0 aliphatic rings. The molecule has 1 rings (SSSR count). The van der Waals surface area contributed by atoms with E-state index >= 15 is 0 Å². The van der Waals surface area contributed by atoms with Crippen LogP contribution in [0.5, 0.6) is 0 Å². The van der Waals surface area contributed by atoms with Gasteiger partial charge in [0.15, 0.2) is 0 Å². The van der Waals surface area contributed by atoms with Crippen molar-refractivity contribution in [2.75, 3.05) is 5.21 Å². The fraction of sp³-hybridized carbons (Fsp3) is 0.500. The molecule has 6 heteroatoms. The Morgan fingerprint density at radius 3 is 2.86 bits per heavy atom. The summed E-state index contributed by atoms with van der Waals surface area (Å²) in [6.45, 7) is 1.76. The van der Waals surface area contributed by atoms with Crippen LogP contribution in [0.3, 0.4) is 0 Å². The van der Waals surface area contributed by atoms with Crippen LogP contribution in [-0.2, 0) is 16.4 Å². The summed E-state index contributed by atoms with van der Waals surface area (Å²) in [5.74, 6) is 0.745. The summed E-state index contributed by atoms with van der Waals surface area (Å²) in [7, 11) is -3.35. The number of furan rings is 1. The third-order valence-corrected chi connectivity index (χ3v) is 3.52. The molecule has 0 radical (unpaired) electrons. The summed E-state index contributed by atoms with van der Waals surface area (Å²) < 4.78 is 29.6. The minimum absolute atomic E-state index is 0.218. The quantitative estimate of drug-likeness (QED) is 0.786. The van der Waals surface area contributed by atoms with E-state index < -0.39 is 15.2 Å². The van der Waals surface area contributed by atoms with Gasteiger partial charge in [-0.1, -0.05) is 0 Å². The molecule has 0 fully saturated rings. The van der Waals surface area contributed by atoms with Crippen molar-refractivity contribution in [2.24, 2.45) is 0 Å². The Labute approximate surface area is 88.3 Å². The molecule has 0 bridgehead atoms. The molecular formula is C8H12ClNO3S. The van der Waals surface area contributed by atoms with Crippen LogP contribution in [0.4, 0.5) is 0 Å². The molecule has 14 heavy (non-hydrogen) atoms. The second kappa shape index (κ2) is 4.82. The highest BCUT2D eigenvalue weighted by Gasteiger charge is 2.13. The van der Waals surface area contributed by atoms with Crippen molar-refractivity contribution in [3.05, 3.63) is 24.2 Å². The van der Waals surface area contributed by atoms with E-state index in [2.05, 4.69) is 4.72 Å². The van der Waals surface area contributed by atoms with E-state index in [-0.39, 0.29) is 6.04 Å². The van der Waals surface area contributed by atoms with Crippen LogP contribution in [0.1, 0.15) is 12.7 Å². The Morgan fingerprint density at radius 1 is 1.64 bits per heavy atom. The molecule has 4 nitrogen and oxygen atoms in total.